The van der Waals surface area contributed by atoms with Crippen molar-refractivity contribution in [2.75, 3.05) is 39.4 Å². The molecule has 0 unspecified atom stereocenters. The van der Waals surface area contributed by atoms with Gasteiger partial charge in [-0.25, -0.2) is 0 Å². The van der Waals surface area contributed by atoms with Gasteiger partial charge in [0.2, 0.25) is 0 Å². The lowest BCUT2D eigenvalue weighted by molar-refractivity contribution is -0.0782. The Labute approximate surface area is 148 Å². The second-order valence-corrected chi connectivity index (χ2v) is 7.09. The van der Waals surface area contributed by atoms with Crippen LogP contribution in [-0.2, 0) is 9.47 Å². The van der Waals surface area contributed by atoms with Crippen LogP contribution < -0.4 is 0 Å². The van der Waals surface area contributed by atoms with Crippen LogP contribution in [0.4, 0.5) is 0 Å². The molecule has 3 atom stereocenters. The third kappa shape index (κ3) is 3.68. The van der Waals surface area contributed by atoms with Crippen LogP contribution in [0, 0.1) is 0 Å². The smallest absolute Gasteiger partial charge is 0.255 e. The molecule has 4 heterocycles. The molecule has 25 heavy (non-hydrogen) atoms. The second kappa shape index (κ2) is 7.76. The normalized spacial score (nSPS) is 29.8. The van der Waals surface area contributed by atoms with Crippen molar-refractivity contribution >= 4 is 5.91 Å². The van der Waals surface area contributed by atoms with Crippen LogP contribution in [0.25, 0.3) is 0 Å². The van der Waals surface area contributed by atoms with Crippen LogP contribution in [0.15, 0.2) is 18.5 Å². The maximum absolute atomic E-state index is 12.9. The molecule has 1 aromatic heterocycles. The van der Waals surface area contributed by atoms with E-state index in [0.717, 1.165) is 26.0 Å². The van der Waals surface area contributed by atoms with Crippen molar-refractivity contribution in [3.05, 3.63) is 24.0 Å². The Kier molecular flexibility index (Phi) is 5.24. The van der Waals surface area contributed by atoms with E-state index < -0.39 is 0 Å². The highest BCUT2D eigenvalue weighted by Gasteiger charge is 2.46. The topological polar surface area (TPSA) is 67.8 Å². The Bertz CT molecular complexity index is 579. The number of fused-ring (bicyclic) bond motifs is 1. The number of carbonyl (C=O) groups is 1. The van der Waals surface area contributed by atoms with Gasteiger partial charge in [-0.3, -0.25) is 4.79 Å². The van der Waals surface area contributed by atoms with Gasteiger partial charge in [0.15, 0.2) is 0 Å². The zero-order valence-electron chi connectivity index (χ0n) is 14.5. The summed E-state index contributed by atoms with van der Waals surface area (Å²) < 4.78 is 12.2. The summed E-state index contributed by atoms with van der Waals surface area (Å²) in [7, 11) is 0. The molecule has 0 spiro atoms. The van der Waals surface area contributed by atoms with Crippen LogP contribution in [-0.4, -0.2) is 83.5 Å². The molecular formula is C18H26N4O3. The highest BCUT2D eigenvalue weighted by molar-refractivity contribution is 5.94. The van der Waals surface area contributed by atoms with E-state index >= 15 is 0 Å². The monoisotopic (exact) mass is 346 g/mol. The fourth-order valence-corrected chi connectivity index (χ4v) is 4.21. The average molecular weight is 346 g/mol. The van der Waals surface area contributed by atoms with E-state index in [1.54, 1.807) is 12.3 Å². The van der Waals surface area contributed by atoms with Gasteiger partial charge in [0, 0.05) is 13.2 Å². The van der Waals surface area contributed by atoms with Crippen LogP contribution >= 0.6 is 0 Å². The van der Waals surface area contributed by atoms with Crippen LogP contribution in [0.5, 0.6) is 0 Å². The Balaban J connectivity index is 1.39. The van der Waals surface area contributed by atoms with E-state index in [2.05, 4.69) is 15.1 Å². The van der Waals surface area contributed by atoms with Crippen molar-refractivity contribution in [1.29, 1.82) is 0 Å². The van der Waals surface area contributed by atoms with E-state index in [0.29, 0.717) is 18.7 Å². The van der Waals surface area contributed by atoms with Gasteiger partial charge in [-0.2, -0.15) is 10.2 Å². The van der Waals surface area contributed by atoms with Gasteiger partial charge in [-0.05, 0) is 44.8 Å². The number of hydrogen-bond donors (Lipinski definition) is 0. The van der Waals surface area contributed by atoms with E-state index in [4.69, 9.17) is 9.47 Å². The van der Waals surface area contributed by atoms with Crippen LogP contribution in [0.2, 0.25) is 0 Å². The van der Waals surface area contributed by atoms with Crippen molar-refractivity contribution in [3.63, 3.8) is 0 Å². The number of hydrogen-bond acceptors (Lipinski definition) is 6. The lowest BCUT2D eigenvalue weighted by atomic mass is 10.0. The summed E-state index contributed by atoms with van der Waals surface area (Å²) in [6, 6.07) is 1.82. The van der Waals surface area contributed by atoms with Crippen molar-refractivity contribution in [1.82, 2.24) is 20.0 Å². The Hall–Kier alpha value is -1.57. The van der Waals surface area contributed by atoms with Crippen LogP contribution in [0.1, 0.15) is 36.0 Å². The summed E-state index contributed by atoms with van der Waals surface area (Å²) in [5.41, 5.74) is 0.581. The predicted molar refractivity (Wildman–Crippen MR) is 91.2 cm³/mol. The molecule has 0 bridgehead atoms. The van der Waals surface area contributed by atoms with Crippen molar-refractivity contribution < 1.29 is 14.3 Å². The number of ether oxygens (including phenoxy) is 2. The van der Waals surface area contributed by atoms with E-state index in [1.165, 1.54) is 32.1 Å². The fraction of sp³-hybridized carbons (Fsp3) is 0.722. The molecule has 0 radical (unpaired) electrons. The molecule has 136 valence electrons. The first-order valence-electron chi connectivity index (χ1n) is 9.36. The zero-order chi connectivity index (χ0) is 17.1. The van der Waals surface area contributed by atoms with Crippen molar-refractivity contribution in [2.45, 2.75) is 43.9 Å². The highest BCUT2D eigenvalue weighted by Crippen LogP contribution is 2.31. The van der Waals surface area contributed by atoms with Gasteiger partial charge in [-0.15, -0.1) is 0 Å². The first-order chi connectivity index (χ1) is 12.3. The third-order valence-corrected chi connectivity index (χ3v) is 5.51. The number of nitrogens with zero attached hydrogens (tertiary/aromatic N) is 4. The molecule has 3 saturated heterocycles. The van der Waals surface area contributed by atoms with Gasteiger partial charge in [0.05, 0.1) is 37.2 Å². The molecule has 7 heteroatoms. The summed E-state index contributed by atoms with van der Waals surface area (Å²) in [5, 5.41) is 7.58. The number of aromatic nitrogens is 2. The summed E-state index contributed by atoms with van der Waals surface area (Å²) in [4.78, 5) is 17.2. The molecule has 0 N–H and O–H groups in total. The Morgan fingerprint density at radius 1 is 1.28 bits per heavy atom. The third-order valence-electron chi connectivity index (χ3n) is 5.51. The van der Waals surface area contributed by atoms with E-state index in [9.17, 15) is 4.79 Å². The summed E-state index contributed by atoms with van der Waals surface area (Å²) >= 11 is 0. The van der Waals surface area contributed by atoms with Gasteiger partial charge in [0.25, 0.3) is 5.91 Å². The molecule has 0 aromatic carbocycles. The Morgan fingerprint density at radius 3 is 2.96 bits per heavy atom. The second-order valence-electron chi connectivity index (χ2n) is 7.09. The average Bonchev–Trinajstić information content (AvgIpc) is 3.30. The molecule has 3 aliphatic rings. The molecular weight excluding hydrogens is 320 g/mol. The minimum Gasteiger partial charge on any atom is -0.373 e. The van der Waals surface area contributed by atoms with Crippen molar-refractivity contribution in [2.24, 2.45) is 0 Å². The van der Waals surface area contributed by atoms with E-state index in [1.807, 2.05) is 4.90 Å². The van der Waals surface area contributed by atoms with Gasteiger partial charge in [-0.1, -0.05) is 0 Å². The van der Waals surface area contributed by atoms with E-state index in [-0.39, 0.29) is 24.2 Å². The first kappa shape index (κ1) is 16.9. The quantitative estimate of drug-likeness (QED) is 0.791. The summed E-state index contributed by atoms with van der Waals surface area (Å²) in [6.07, 6.45) is 7.59. The molecule has 3 fully saturated rings. The molecule has 0 saturated carbocycles. The maximum atomic E-state index is 12.9. The maximum Gasteiger partial charge on any atom is 0.255 e. The predicted octanol–water partition coefficient (Wildman–Crippen LogP) is 0.961. The highest BCUT2D eigenvalue weighted by atomic mass is 16.5. The minimum atomic E-state index is -0.0355. The van der Waals surface area contributed by atoms with Gasteiger partial charge in [0.1, 0.15) is 12.2 Å². The first-order valence-corrected chi connectivity index (χ1v) is 9.36. The fourth-order valence-electron chi connectivity index (χ4n) is 4.21. The number of likely N-dealkylation sites (tertiary alicyclic amines) is 2. The standard InChI is InChI=1S/C18H26N4O3/c23-18(14-5-6-19-20-12-14)22-13-16(17-15(22)4-3-10-25-17)24-11-9-21-7-1-2-8-21/h5-6,12,15-17H,1-4,7-11,13H2/t15-,16+,17+/m0/s1. The Morgan fingerprint density at radius 2 is 2.16 bits per heavy atom. The number of carbonyl (C=O) groups excluding carboxylic acids is 1. The number of amides is 1. The SMILES string of the molecule is O=C(c1ccnnc1)N1C[C@@H](OCCN2CCCC2)[C@@H]2OCCC[C@@H]21. The molecule has 1 aromatic rings. The van der Waals surface area contributed by atoms with Gasteiger partial charge < -0.3 is 19.3 Å². The van der Waals surface area contributed by atoms with Crippen molar-refractivity contribution in [3.8, 4) is 0 Å². The molecule has 1 amide bonds. The molecule has 0 aliphatic carbocycles. The lowest BCUT2D eigenvalue weighted by Crippen LogP contribution is -2.44. The largest absolute Gasteiger partial charge is 0.373 e. The zero-order valence-corrected chi connectivity index (χ0v) is 14.5. The lowest BCUT2D eigenvalue weighted by Gasteiger charge is -2.32. The summed E-state index contributed by atoms with van der Waals surface area (Å²) in [6.45, 7) is 5.38. The molecule has 4 rings (SSSR count). The summed E-state index contributed by atoms with van der Waals surface area (Å²) in [5.74, 6) is 0.000966. The van der Waals surface area contributed by atoms with Crippen LogP contribution in [0.3, 0.4) is 0 Å². The number of rotatable bonds is 5. The molecule has 3 aliphatic heterocycles. The van der Waals surface area contributed by atoms with Gasteiger partial charge >= 0.3 is 0 Å². The minimum absolute atomic E-state index is 0.000966. The molecule has 7 nitrogen and oxygen atoms in total.